The number of aryl methyl sites for hydroxylation is 1. The molecule has 2 heterocycles. The van der Waals surface area contributed by atoms with Gasteiger partial charge in [-0.25, -0.2) is 9.18 Å². The van der Waals surface area contributed by atoms with E-state index >= 15 is 0 Å². The number of esters is 1. The number of aromatic nitrogens is 1. The monoisotopic (exact) mass is 433 g/mol. The van der Waals surface area contributed by atoms with E-state index in [0.717, 1.165) is 47.1 Å². The molecule has 1 aliphatic heterocycles. The van der Waals surface area contributed by atoms with Crippen LogP contribution >= 0.6 is 0 Å². The summed E-state index contributed by atoms with van der Waals surface area (Å²) in [5.41, 5.74) is 4.18. The average molecular weight is 433 g/mol. The predicted molar refractivity (Wildman–Crippen MR) is 119 cm³/mol. The molecular formula is C25H24FN3O3. The fourth-order valence-corrected chi connectivity index (χ4v) is 4.60. The first kappa shape index (κ1) is 20.4. The minimum Gasteiger partial charge on any atom is -0.452 e. The lowest BCUT2D eigenvalue weighted by Gasteiger charge is -2.36. The van der Waals surface area contributed by atoms with Crippen LogP contribution in [-0.4, -0.2) is 54.5 Å². The molecular weight excluding hydrogens is 409 g/mol. The second kappa shape index (κ2) is 8.57. The van der Waals surface area contributed by atoms with E-state index in [1.807, 2.05) is 24.3 Å². The highest BCUT2D eigenvalue weighted by Crippen LogP contribution is 2.30. The van der Waals surface area contributed by atoms with E-state index < -0.39 is 5.97 Å². The number of piperazine rings is 1. The molecule has 164 valence electrons. The Hall–Kier alpha value is -3.48. The Morgan fingerprint density at radius 3 is 2.50 bits per heavy atom. The largest absolute Gasteiger partial charge is 0.452 e. The summed E-state index contributed by atoms with van der Waals surface area (Å²) >= 11 is 0. The van der Waals surface area contributed by atoms with Gasteiger partial charge >= 0.3 is 5.97 Å². The number of amides is 1. The summed E-state index contributed by atoms with van der Waals surface area (Å²) in [4.78, 5) is 34.2. The van der Waals surface area contributed by atoms with Crippen LogP contribution in [0.5, 0.6) is 0 Å². The standard InChI is InChI=1S/C25H24FN3O3/c26-17-8-10-18(11-9-17)28-12-14-29(15-13-28)23(30)16-32-25(31)24-19-4-1-2-6-21(19)27-22-7-3-5-20(22)24/h1-2,4,6,8-11H,3,5,7,12-16H2. The SMILES string of the molecule is O=C(OCC(=O)N1CCN(c2ccc(F)cc2)CC1)c1c2c(nc3ccccc13)CCC2. The summed E-state index contributed by atoms with van der Waals surface area (Å²) in [6.45, 7) is 2.07. The van der Waals surface area contributed by atoms with Gasteiger partial charge in [-0.15, -0.1) is 0 Å². The van der Waals surface area contributed by atoms with Gasteiger partial charge in [0.1, 0.15) is 5.82 Å². The first-order chi connectivity index (χ1) is 15.6. The number of anilines is 1. The summed E-state index contributed by atoms with van der Waals surface area (Å²) in [6.07, 6.45) is 2.63. The van der Waals surface area contributed by atoms with Crippen LogP contribution in [0.3, 0.4) is 0 Å². The van der Waals surface area contributed by atoms with Crippen LogP contribution < -0.4 is 4.90 Å². The maximum absolute atomic E-state index is 13.1. The van der Waals surface area contributed by atoms with Crippen molar-refractivity contribution in [1.82, 2.24) is 9.88 Å². The summed E-state index contributed by atoms with van der Waals surface area (Å²) in [6, 6.07) is 13.9. The Bertz CT molecular complexity index is 1170. The van der Waals surface area contributed by atoms with E-state index in [0.29, 0.717) is 31.7 Å². The third kappa shape index (κ3) is 3.90. The Morgan fingerprint density at radius 2 is 1.72 bits per heavy atom. The molecule has 0 radical (unpaired) electrons. The lowest BCUT2D eigenvalue weighted by Crippen LogP contribution is -2.49. The number of carbonyl (C=O) groups excluding carboxylic acids is 2. The number of rotatable bonds is 4. The smallest absolute Gasteiger partial charge is 0.339 e. The highest BCUT2D eigenvalue weighted by molar-refractivity contribution is 6.05. The predicted octanol–water partition coefficient (Wildman–Crippen LogP) is 3.37. The van der Waals surface area contributed by atoms with Crippen molar-refractivity contribution < 1.29 is 18.7 Å². The fraction of sp³-hybridized carbons (Fsp3) is 0.320. The summed E-state index contributed by atoms with van der Waals surface area (Å²) in [5.74, 6) is -0.927. The van der Waals surface area contributed by atoms with Gasteiger partial charge in [-0.3, -0.25) is 9.78 Å². The molecule has 1 saturated heterocycles. The molecule has 1 aromatic heterocycles. The van der Waals surface area contributed by atoms with Gasteiger partial charge in [0.15, 0.2) is 6.61 Å². The Labute approximate surface area is 185 Å². The summed E-state index contributed by atoms with van der Waals surface area (Å²) in [7, 11) is 0. The summed E-state index contributed by atoms with van der Waals surface area (Å²) < 4.78 is 18.6. The molecule has 0 bridgehead atoms. The lowest BCUT2D eigenvalue weighted by atomic mass is 10.0. The number of halogens is 1. The quantitative estimate of drug-likeness (QED) is 0.591. The van der Waals surface area contributed by atoms with Crippen molar-refractivity contribution in [3.8, 4) is 0 Å². The van der Waals surface area contributed by atoms with Gasteiger partial charge in [0, 0.05) is 42.9 Å². The highest BCUT2D eigenvalue weighted by Gasteiger charge is 2.27. The third-order valence-corrected chi connectivity index (χ3v) is 6.27. The van der Waals surface area contributed by atoms with E-state index in [9.17, 15) is 14.0 Å². The van der Waals surface area contributed by atoms with Crippen LogP contribution in [0.25, 0.3) is 10.9 Å². The zero-order valence-electron chi connectivity index (χ0n) is 17.7. The van der Waals surface area contributed by atoms with Gasteiger partial charge in [0.2, 0.25) is 0 Å². The van der Waals surface area contributed by atoms with Crippen molar-refractivity contribution in [2.75, 3.05) is 37.7 Å². The van der Waals surface area contributed by atoms with Crippen molar-refractivity contribution >= 4 is 28.5 Å². The maximum atomic E-state index is 13.1. The Kier molecular flexibility index (Phi) is 5.47. The van der Waals surface area contributed by atoms with Crippen LogP contribution in [0.2, 0.25) is 0 Å². The molecule has 2 aromatic carbocycles. The third-order valence-electron chi connectivity index (χ3n) is 6.27. The van der Waals surface area contributed by atoms with Crippen molar-refractivity contribution in [1.29, 1.82) is 0 Å². The topological polar surface area (TPSA) is 62.7 Å². The molecule has 1 amide bonds. The normalized spacial score (nSPS) is 15.7. The number of hydrogen-bond acceptors (Lipinski definition) is 5. The Morgan fingerprint density at radius 1 is 0.969 bits per heavy atom. The number of ether oxygens (including phenoxy) is 1. The molecule has 0 N–H and O–H groups in total. The number of hydrogen-bond donors (Lipinski definition) is 0. The molecule has 0 atom stereocenters. The minimum absolute atomic E-state index is 0.202. The number of pyridine rings is 1. The highest BCUT2D eigenvalue weighted by atomic mass is 19.1. The molecule has 0 unspecified atom stereocenters. The van der Waals surface area contributed by atoms with Crippen molar-refractivity contribution in [2.24, 2.45) is 0 Å². The second-order valence-corrected chi connectivity index (χ2v) is 8.20. The molecule has 32 heavy (non-hydrogen) atoms. The first-order valence-corrected chi connectivity index (χ1v) is 11.0. The molecule has 0 spiro atoms. The van der Waals surface area contributed by atoms with Gasteiger partial charge in [-0.2, -0.15) is 0 Å². The van der Waals surface area contributed by atoms with E-state index in [-0.39, 0.29) is 18.3 Å². The summed E-state index contributed by atoms with van der Waals surface area (Å²) in [5, 5.41) is 0.776. The number of nitrogens with zero attached hydrogens (tertiary/aromatic N) is 3. The molecule has 6 nitrogen and oxygen atoms in total. The fourth-order valence-electron chi connectivity index (χ4n) is 4.60. The van der Waals surface area contributed by atoms with Gasteiger partial charge in [0.05, 0.1) is 11.1 Å². The van der Waals surface area contributed by atoms with Gasteiger partial charge in [-0.1, -0.05) is 18.2 Å². The molecule has 5 rings (SSSR count). The number of benzene rings is 2. The van der Waals surface area contributed by atoms with Crippen LogP contribution in [0.4, 0.5) is 10.1 Å². The van der Waals surface area contributed by atoms with Crippen LogP contribution in [0.1, 0.15) is 28.0 Å². The zero-order chi connectivity index (χ0) is 22.1. The maximum Gasteiger partial charge on any atom is 0.339 e. The van der Waals surface area contributed by atoms with Crippen molar-refractivity contribution in [3.05, 3.63) is 71.2 Å². The Balaban J connectivity index is 1.23. The van der Waals surface area contributed by atoms with Crippen molar-refractivity contribution in [3.63, 3.8) is 0 Å². The van der Waals surface area contributed by atoms with Gasteiger partial charge < -0.3 is 14.5 Å². The second-order valence-electron chi connectivity index (χ2n) is 8.20. The van der Waals surface area contributed by atoms with E-state index in [4.69, 9.17) is 9.72 Å². The van der Waals surface area contributed by atoms with Crippen LogP contribution in [-0.2, 0) is 22.4 Å². The number of fused-ring (bicyclic) bond motifs is 2. The van der Waals surface area contributed by atoms with Crippen LogP contribution in [0, 0.1) is 5.82 Å². The molecule has 2 aliphatic rings. The first-order valence-electron chi connectivity index (χ1n) is 11.0. The number of para-hydroxylation sites is 1. The molecule has 1 aliphatic carbocycles. The molecule has 1 fully saturated rings. The molecule has 7 heteroatoms. The van der Waals surface area contributed by atoms with E-state index in [1.54, 1.807) is 17.0 Å². The van der Waals surface area contributed by atoms with Crippen LogP contribution in [0.15, 0.2) is 48.5 Å². The average Bonchev–Trinajstić information content (AvgIpc) is 3.29. The molecule has 0 saturated carbocycles. The van der Waals surface area contributed by atoms with Gasteiger partial charge in [0.25, 0.3) is 5.91 Å². The minimum atomic E-state index is -0.458. The lowest BCUT2D eigenvalue weighted by molar-refractivity contribution is -0.134. The molecule has 3 aromatic rings. The van der Waals surface area contributed by atoms with Crippen molar-refractivity contribution in [2.45, 2.75) is 19.3 Å². The van der Waals surface area contributed by atoms with E-state index in [2.05, 4.69) is 4.90 Å². The van der Waals surface area contributed by atoms with Gasteiger partial charge in [-0.05, 0) is 55.2 Å². The zero-order valence-corrected chi connectivity index (χ0v) is 17.7. The number of carbonyl (C=O) groups is 2. The van der Waals surface area contributed by atoms with E-state index in [1.165, 1.54) is 12.1 Å².